The van der Waals surface area contributed by atoms with Gasteiger partial charge in [-0.15, -0.1) is 0 Å². The van der Waals surface area contributed by atoms with Crippen LogP contribution in [0.3, 0.4) is 0 Å². The second-order valence-corrected chi connectivity index (χ2v) is 4.80. The number of carboxylic acid groups (broad SMARTS) is 1. The highest BCUT2D eigenvalue weighted by Gasteiger charge is 2.63. The first-order valence-corrected chi connectivity index (χ1v) is 5.57. The molecule has 0 spiro atoms. The number of hydrogen-bond donors (Lipinski definition) is 1. The van der Waals surface area contributed by atoms with Gasteiger partial charge in [-0.3, -0.25) is 4.79 Å². The zero-order chi connectivity index (χ0) is 13.6. The number of halogens is 2. The van der Waals surface area contributed by atoms with Crippen LogP contribution in [0.1, 0.15) is 24.0 Å². The van der Waals surface area contributed by atoms with Crippen LogP contribution in [-0.2, 0) is 10.2 Å². The Morgan fingerprint density at radius 3 is 2.44 bits per heavy atom. The van der Waals surface area contributed by atoms with E-state index in [0.717, 1.165) is 5.56 Å². The maximum absolute atomic E-state index is 13.1. The molecule has 98 valence electrons. The Labute approximate surface area is 103 Å². The Bertz CT molecular complexity index is 489. The lowest BCUT2D eigenvalue weighted by Crippen LogP contribution is -2.54. The van der Waals surface area contributed by atoms with Gasteiger partial charge in [0, 0.05) is 18.4 Å². The summed E-state index contributed by atoms with van der Waals surface area (Å²) in [5.41, 5.74) is -0.369. The number of rotatable bonds is 3. The maximum Gasteiger partial charge on any atom is 0.314 e. The van der Waals surface area contributed by atoms with Gasteiger partial charge in [-0.1, -0.05) is 17.7 Å². The zero-order valence-electron chi connectivity index (χ0n) is 10.2. The predicted octanol–water partition coefficient (Wildman–Crippen LogP) is 2.76. The van der Waals surface area contributed by atoms with E-state index in [1.165, 1.54) is 7.11 Å². The lowest BCUT2D eigenvalue weighted by molar-refractivity contribution is -0.174. The van der Waals surface area contributed by atoms with E-state index >= 15 is 0 Å². The summed E-state index contributed by atoms with van der Waals surface area (Å²) in [6, 6.07) is 4.99. The van der Waals surface area contributed by atoms with E-state index in [-0.39, 0.29) is 0 Å². The van der Waals surface area contributed by atoms with Gasteiger partial charge in [0.05, 0.1) is 7.11 Å². The largest absolute Gasteiger partial charge is 0.496 e. The van der Waals surface area contributed by atoms with E-state index in [2.05, 4.69) is 0 Å². The summed E-state index contributed by atoms with van der Waals surface area (Å²) in [5, 5.41) is 9.29. The number of aliphatic carboxylic acids is 1. The normalized spacial score (nSPS) is 20.0. The quantitative estimate of drug-likeness (QED) is 0.904. The van der Waals surface area contributed by atoms with Gasteiger partial charge in [0.25, 0.3) is 5.92 Å². The molecule has 0 aliphatic heterocycles. The summed E-state index contributed by atoms with van der Waals surface area (Å²) >= 11 is 0. The molecule has 1 aromatic carbocycles. The van der Waals surface area contributed by atoms with Crippen LogP contribution in [-0.4, -0.2) is 24.1 Å². The van der Waals surface area contributed by atoms with Gasteiger partial charge in [-0.05, 0) is 13.0 Å². The molecule has 0 atom stereocenters. The number of alkyl halides is 2. The molecule has 0 radical (unpaired) electrons. The fourth-order valence-electron chi connectivity index (χ4n) is 2.48. The molecule has 0 heterocycles. The minimum atomic E-state index is -2.91. The number of carboxylic acids is 1. The SMILES string of the molecule is COc1ccc(C)cc1C1(C(=O)O)CC(F)(F)C1. The van der Waals surface area contributed by atoms with E-state index in [1.54, 1.807) is 25.1 Å². The van der Waals surface area contributed by atoms with Crippen LogP contribution in [0.15, 0.2) is 18.2 Å². The molecular formula is C13H14F2O3. The first kappa shape index (κ1) is 12.8. The highest BCUT2D eigenvalue weighted by atomic mass is 19.3. The van der Waals surface area contributed by atoms with Crippen molar-refractivity contribution in [3.8, 4) is 5.75 Å². The van der Waals surface area contributed by atoms with E-state index in [4.69, 9.17) is 4.74 Å². The predicted molar refractivity (Wildman–Crippen MR) is 61.2 cm³/mol. The van der Waals surface area contributed by atoms with Gasteiger partial charge in [0.2, 0.25) is 0 Å². The Morgan fingerprint density at radius 1 is 1.39 bits per heavy atom. The van der Waals surface area contributed by atoms with Crippen molar-refractivity contribution >= 4 is 5.97 Å². The first-order valence-electron chi connectivity index (χ1n) is 5.57. The van der Waals surface area contributed by atoms with Crippen LogP contribution < -0.4 is 4.74 Å². The van der Waals surface area contributed by atoms with Gasteiger partial charge in [0.15, 0.2) is 0 Å². The van der Waals surface area contributed by atoms with Crippen molar-refractivity contribution in [1.29, 1.82) is 0 Å². The van der Waals surface area contributed by atoms with Gasteiger partial charge >= 0.3 is 5.97 Å². The van der Waals surface area contributed by atoms with E-state index in [0.29, 0.717) is 11.3 Å². The molecule has 5 heteroatoms. The van der Waals surface area contributed by atoms with Gasteiger partial charge in [-0.25, -0.2) is 8.78 Å². The van der Waals surface area contributed by atoms with Crippen LogP contribution in [0.5, 0.6) is 5.75 Å². The molecule has 1 aliphatic rings. The van der Waals surface area contributed by atoms with Gasteiger partial charge in [-0.2, -0.15) is 0 Å². The van der Waals surface area contributed by atoms with Crippen LogP contribution in [0.4, 0.5) is 8.78 Å². The number of carbonyl (C=O) groups is 1. The third-order valence-electron chi connectivity index (χ3n) is 3.40. The minimum Gasteiger partial charge on any atom is -0.496 e. The fraction of sp³-hybridized carbons (Fsp3) is 0.462. The molecule has 0 aromatic heterocycles. The van der Waals surface area contributed by atoms with Crippen molar-refractivity contribution in [3.63, 3.8) is 0 Å². The molecule has 1 aliphatic carbocycles. The molecule has 1 fully saturated rings. The molecule has 1 saturated carbocycles. The topological polar surface area (TPSA) is 46.5 Å². The number of hydrogen-bond acceptors (Lipinski definition) is 2. The van der Waals surface area contributed by atoms with Crippen LogP contribution in [0.25, 0.3) is 0 Å². The summed E-state index contributed by atoms with van der Waals surface area (Å²) < 4.78 is 31.3. The van der Waals surface area contributed by atoms with Gasteiger partial charge in [0.1, 0.15) is 11.2 Å². The standard InChI is InChI=1S/C13H14F2O3/c1-8-3-4-10(18-2)9(5-8)12(11(16)17)6-13(14,15)7-12/h3-5H,6-7H2,1-2H3,(H,16,17). The molecule has 0 unspecified atom stereocenters. The lowest BCUT2D eigenvalue weighted by Gasteiger charge is -2.44. The third-order valence-corrected chi connectivity index (χ3v) is 3.40. The monoisotopic (exact) mass is 256 g/mol. The van der Waals surface area contributed by atoms with E-state index in [9.17, 15) is 18.7 Å². The van der Waals surface area contributed by atoms with Crippen LogP contribution in [0.2, 0.25) is 0 Å². The smallest absolute Gasteiger partial charge is 0.314 e. The van der Waals surface area contributed by atoms with E-state index < -0.39 is 30.1 Å². The molecule has 2 rings (SSSR count). The van der Waals surface area contributed by atoms with Crippen molar-refractivity contribution in [1.82, 2.24) is 0 Å². The molecule has 0 amide bonds. The maximum atomic E-state index is 13.1. The average Bonchev–Trinajstić information content (AvgIpc) is 2.24. The number of aryl methyl sites for hydroxylation is 1. The first-order chi connectivity index (χ1) is 8.31. The van der Waals surface area contributed by atoms with E-state index in [1.807, 2.05) is 0 Å². The Balaban J connectivity index is 2.51. The summed E-state index contributed by atoms with van der Waals surface area (Å²) in [7, 11) is 1.40. The van der Waals surface area contributed by atoms with Crippen LogP contribution >= 0.6 is 0 Å². The highest BCUT2D eigenvalue weighted by molar-refractivity contribution is 5.84. The molecular weight excluding hydrogens is 242 g/mol. The highest BCUT2D eigenvalue weighted by Crippen LogP contribution is 2.55. The summed E-state index contributed by atoms with van der Waals surface area (Å²) in [6.45, 7) is 1.79. The number of benzene rings is 1. The fourth-order valence-corrected chi connectivity index (χ4v) is 2.48. The molecule has 0 saturated heterocycles. The zero-order valence-corrected chi connectivity index (χ0v) is 10.2. The second-order valence-electron chi connectivity index (χ2n) is 4.80. The van der Waals surface area contributed by atoms with Crippen molar-refractivity contribution in [3.05, 3.63) is 29.3 Å². The summed E-state index contributed by atoms with van der Waals surface area (Å²) in [5.74, 6) is -3.79. The molecule has 18 heavy (non-hydrogen) atoms. The van der Waals surface area contributed by atoms with Crippen molar-refractivity contribution in [2.45, 2.75) is 31.1 Å². The third kappa shape index (κ3) is 1.83. The van der Waals surface area contributed by atoms with Crippen LogP contribution in [0, 0.1) is 6.92 Å². The molecule has 0 bridgehead atoms. The Hall–Kier alpha value is -1.65. The Morgan fingerprint density at radius 2 is 2.00 bits per heavy atom. The summed E-state index contributed by atoms with van der Waals surface area (Å²) in [4.78, 5) is 11.4. The second kappa shape index (κ2) is 3.93. The average molecular weight is 256 g/mol. The number of ether oxygens (including phenoxy) is 1. The van der Waals surface area contributed by atoms with Gasteiger partial charge < -0.3 is 9.84 Å². The summed E-state index contributed by atoms with van der Waals surface area (Å²) in [6.07, 6.45) is -1.34. The lowest BCUT2D eigenvalue weighted by atomic mass is 9.61. The Kier molecular flexibility index (Phi) is 2.80. The molecule has 1 aromatic rings. The number of methoxy groups -OCH3 is 1. The van der Waals surface area contributed by atoms with Crippen molar-refractivity contribution < 1.29 is 23.4 Å². The molecule has 1 N–H and O–H groups in total. The molecule has 3 nitrogen and oxygen atoms in total. The van der Waals surface area contributed by atoms with Crippen molar-refractivity contribution in [2.75, 3.05) is 7.11 Å². The van der Waals surface area contributed by atoms with Crippen molar-refractivity contribution in [2.24, 2.45) is 0 Å². The minimum absolute atomic E-state index is 0.337.